The molecule has 0 heterocycles. The van der Waals surface area contributed by atoms with Gasteiger partial charge in [0.1, 0.15) is 0 Å². The fourth-order valence-electron chi connectivity index (χ4n) is 2.25. The van der Waals surface area contributed by atoms with E-state index in [0.717, 1.165) is 37.7 Å². The standard InChI is InChI=1S/C17H28FNO2/c18-12-4-2-1-3-5-15-6-8-16(9-7-15)10-11-17(19,13-20)14-21/h6-9,20-21H,1-5,10-14,19H2/i18-1. The second-order valence-electron chi connectivity index (χ2n) is 5.85. The molecule has 0 amide bonds. The van der Waals surface area contributed by atoms with Gasteiger partial charge in [0.05, 0.1) is 25.4 Å². The van der Waals surface area contributed by atoms with Crippen LogP contribution in [-0.2, 0) is 12.8 Å². The van der Waals surface area contributed by atoms with Crippen molar-refractivity contribution in [1.82, 2.24) is 0 Å². The third-order valence-corrected chi connectivity index (χ3v) is 3.91. The quantitative estimate of drug-likeness (QED) is 0.549. The van der Waals surface area contributed by atoms with Crippen molar-refractivity contribution in [2.24, 2.45) is 5.73 Å². The number of hydrogen-bond donors (Lipinski definition) is 3. The number of halogens is 1. The van der Waals surface area contributed by atoms with Crippen LogP contribution in [0, 0.1) is 0 Å². The molecular weight excluding hydrogens is 268 g/mol. The fraction of sp³-hybridized carbons (Fsp3) is 0.647. The molecule has 0 aliphatic carbocycles. The summed E-state index contributed by atoms with van der Waals surface area (Å²) in [4.78, 5) is 0. The molecule has 0 unspecified atom stereocenters. The maximum atomic E-state index is 12.0. The fourth-order valence-corrected chi connectivity index (χ4v) is 2.25. The molecule has 0 bridgehead atoms. The lowest BCUT2D eigenvalue weighted by molar-refractivity contribution is 0.115. The van der Waals surface area contributed by atoms with E-state index in [-0.39, 0.29) is 19.9 Å². The van der Waals surface area contributed by atoms with Gasteiger partial charge in [0.25, 0.3) is 0 Å². The number of rotatable bonds is 11. The average molecular weight is 296 g/mol. The van der Waals surface area contributed by atoms with Crippen LogP contribution in [-0.4, -0.2) is 35.6 Å². The van der Waals surface area contributed by atoms with Gasteiger partial charge in [0.2, 0.25) is 0 Å². The molecule has 0 atom stereocenters. The molecule has 3 nitrogen and oxygen atoms in total. The van der Waals surface area contributed by atoms with E-state index in [1.807, 2.05) is 0 Å². The van der Waals surface area contributed by atoms with E-state index in [1.54, 1.807) is 0 Å². The number of alkyl halides is 1. The number of aryl methyl sites for hydroxylation is 2. The lowest BCUT2D eigenvalue weighted by Gasteiger charge is -2.24. The number of aliphatic hydroxyl groups excluding tert-OH is 2. The lowest BCUT2D eigenvalue weighted by Crippen LogP contribution is -2.47. The van der Waals surface area contributed by atoms with Crippen molar-refractivity contribution in [3.8, 4) is 0 Å². The van der Waals surface area contributed by atoms with Gasteiger partial charge in [-0.3, -0.25) is 4.39 Å². The van der Waals surface area contributed by atoms with E-state index in [0.29, 0.717) is 12.8 Å². The summed E-state index contributed by atoms with van der Waals surface area (Å²) in [5.41, 5.74) is 7.41. The molecule has 0 fully saturated rings. The van der Waals surface area contributed by atoms with Crippen LogP contribution < -0.4 is 5.73 Å². The summed E-state index contributed by atoms with van der Waals surface area (Å²) in [5, 5.41) is 18.3. The highest BCUT2D eigenvalue weighted by Gasteiger charge is 2.22. The van der Waals surface area contributed by atoms with Crippen molar-refractivity contribution in [3.05, 3.63) is 35.4 Å². The van der Waals surface area contributed by atoms with E-state index < -0.39 is 5.54 Å². The molecule has 0 radical (unpaired) electrons. The predicted molar refractivity (Wildman–Crippen MR) is 84.0 cm³/mol. The maximum absolute atomic E-state index is 12.0. The molecule has 0 saturated carbocycles. The normalized spacial score (nSPS) is 11.8. The number of unbranched alkanes of at least 4 members (excludes halogenated alkanes) is 3. The number of aliphatic hydroxyl groups is 2. The zero-order valence-corrected chi connectivity index (χ0v) is 12.7. The highest BCUT2D eigenvalue weighted by atomic mass is 18.2. The van der Waals surface area contributed by atoms with Gasteiger partial charge in [0, 0.05) is 0 Å². The molecule has 4 heteroatoms. The van der Waals surface area contributed by atoms with Crippen LogP contribution >= 0.6 is 0 Å². The molecule has 4 N–H and O–H groups in total. The van der Waals surface area contributed by atoms with Crippen molar-refractivity contribution in [2.75, 3.05) is 19.9 Å². The van der Waals surface area contributed by atoms with Gasteiger partial charge in [-0.1, -0.05) is 37.1 Å². The Morgan fingerprint density at radius 2 is 1.38 bits per heavy atom. The molecule has 0 aliphatic heterocycles. The summed E-state index contributed by atoms with van der Waals surface area (Å²) in [6.45, 7) is -0.625. The molecule has 0 aliphatic rings. The average Bonchev–Trinajstić information content (AvgIpc) is 2.53. The smallest absolute Gasteiger partial charge is 0.0894 e. The first kappa shape index (κ1) is 18.1. The Balaban J connectivity index is 2.33. The Kier molecular flexibility index (Phi) is 8.50. The Morgan fingerprint density at radius 3 is 1.90 bits per heavy atom. The van der Waals surface area contributed by atoms with E-state index in [9.17, 15) is 4.39 Å². The predicted octanol–water partition coefficient (Wildman–Crippen LogP) is 2.37. The van der Waals surface area contributed by atoms with Gasteiger partial charge < -0.3 is 15.9 Å². The third kappa shape index (κ3) is 7.02. The summed E-state index contributed by atoms with van der Waals surface area (Å²) < 4.78 is 12.0. The van der Waals surface area contributed by atoms with Crippen molar-refractivity contribution in [3.63, 3.8) is 0 Å². The Bertz CT molecular complexity index is 377. The topological polar surface area (TPSA) is 66.5 Å². The second-order valence-corrected chi connectivity index (χ2v) is 5.85. The molecule has 0 aromatic heterocycles. The molecule has 21 heavy (non-hydrogen) atoms. The van der Waals surface area contributed by atoms with Gasteiger partial charge in [0.15, 0.2) is 0 Å². The minimum absolute atomic E-state index is 0.208. The van der Waals surface area contributed by atoms with Crippen molar-refractivity contribution < 1.29 is 14.6 Å². The van der Waals surface area contributed by atoms with Crippen LogP contribution in [0.3, 0.4) is 0 Å². The van der Waals surface area contributed by atoms with Gasteiger partial charge >= 0.3 is 0 Å². The molecule has 120 valence electrons. The molecule has 0 saturated heterocycles. The third-order valence-electron chi connectivity index (χ3n) is 3.91. The first-order valence-electron chi connectivity index (χ1n) is 7.78. The minimum Gasteiger partial charge on any atom is -0.394 e. The molecule has 0 spiro atoms. The first-order chi connectivity index (χ1) is 10.1. The molecular formula is C17H28FNO2. The first-order valence-corrected chi connectivity index (χ1v) is 7.78. The largest absolute Gasteiger partial charge is 0.394 e. The van der Waals surface area contributed by atoms with Crippen LogP contribution in [0.4, 0.5) is 4.39 Å². The van der Waals surface area contributed by atoms with Crippen LogP contribution in [0.5, 0.6) is 0 Å². The Hall–Kier alpha value is -0.970. The van der Waals surface area contributed by atoms with Crippen LogP contribution in [0.1, 0.15) is 43.2 Å². The summed E-state index contributed by atoms with van der Waals surface area (Å²) in [6.07, 6.45) is 6.15. The number of benzene rings is 1. The van der Waals surface area contributed by atoms with Crippen LogP contribution in [0.15, 0.2) is 24.3 Å². The van der Waals surface area contributed by atoms with Gasteiger partial charge in [-0.15, -0.1) is 0 Å². The van der Waals surface area contributed by atoms with Crippen LogP contribution in [0.25, 0.3) is 0 Å². The van der Waals surface area contributed by atoms with Gasteiger partial charge in [-0.25, -0.2) is 0 Å². The monoisotopic (exact) mass is 296 g/mol. The Labute approximate surface area is 127 Å². The highest BCUT2D eigenvalue weighted by molar-refractivity contribution is 5.23. The van der Waals surface area contributed by atoms with Crippen molar-refractivity contribution >= 4 is 0 Å². The summed E-state index contributed by atoms with van der Waals surface area (Å²) >= 11 is 0. The highest BCUT2D eigenvalue weighted by Crippen LogP contribution is 2.14. The van der Waals surface area contributed by atoms with Crippen molar-refractivity contribution in [1.29, 1.82) is 0 Å². The van der Waals surface area contributed by atoms with E-state index in [2.05, 4.69) is 24.3 Å². The SMILES string of the molecule is NC(CO)(CO)CCc1ccc(CCCCCC[18F])cc1. The molecule has 1 aromatic carbocycles. The van der Waals surface area contributed by atoms with E-state index in [1.165, 1.54) is 5.56 Å². The molecule has 1 rings (SSSR count). The second kappa shape index (κ2) is 9.87. The Morgan fingerprint density at radius 1 is 0.857 bits per heavy atom. The van der Waals surface area contributed by atoms with Crippen LogP contribution in [0.2, 0.25) is 0 Å². The van der Waals surface area contributed by atoms with E-state index in [4.69, 9.17) is 15.9 Å². The zero-order valence-electron chi connectivity index (χ0n) is 12.7. The molecule has 1 aromatic rings. The zero-order chi connectivity index (χ0) is 15.6. The van der Waals surface area contributed by atoms with E-state index >= 15 is 0 Å². The minimum atomic E-state index is -0.894. The van der Waals surface area contributed by atoms with Crippen molar-refractivity contribution in [2.45, 2.75) is 50.5 Å². The lowest BCUT2D eigenvalue weighted by atomic mass is 9.93. The number of hydrogen-bond acceptors (Lipinski definition) is 3. The summed E-state index contributed by atoms with van der Waals surface area (Å²) in [7, 11) is 0. The van der Waals surface area contributed by atoms with Gasteiger partial charge in [-0.2, -0.15) is 0 Å². The van der Waals surface area contributed by atoms with Gasteiger partial charge in [-0.05, 0) is 43.2 Å². The maximum Gasteiger partial charge on any atom is 0.0894 e. The summed E-state index contributed by atoms with van der Waals surface area (Å²) in [6, 6.07) is 8.37. The summed E-state index contributed by atoms with van der Waals surface area (Å²) in [5.74, 6) is 0. The number of nitrogens with two attached hydrogens (primary N) is 1.